The summed E-state index contributed by atoms with van der Waals surface area (Å²) in [7, 11) is 0. The molecule has 0 fully saturated rings. The molecule has 0 heterocycles. The van der Waals surface area contributed by atoms with Crippen molar-refractivity contribution < 1.29 is 28.6 Å². The summed E-state index contributed by atoms with van der Waals surface area (Å²) in [5.74, 6) is -0.857. The molecule has 0 saturated heterocycles. The molecule has 0 amide bonds. The minimum absolute atomic E-state index is 0.0694. The van der Waals surface area contributed by atoms with Gasteiger partial charge in [0.2, 0.25) is 0 Å². The first-order valence-corrected chi connectivity index (χ1v) is 32.8. The molecule has 1 atom stereocenters. The highest BCUT2D eigenvalue weighted by Crippen LogP contribution is 2.18. The smallest absolute Gasteiger partial charge is 0.306 e. The first-order valence-electron chi connectivity index (χ1n) is 32.8. The fourth-order valence-corrected chi connectivity index (χ4v) is 9.65. The van der Waals surface area contributed by atoms with Crippen molar-refractivity contribution in [1.29, 1.82) is 0 Å². The Morgan fingerprint density at radius 2 is 0.520 bits per heavy atom. The summed E-state index contributed by atoms with van der Waals surface area (Å²) in [6.07, 6.45) is 81.2. The zero-order valence-electron chi connectivity index (χ0n) is 50.1. The van der Waals surface area contributed by atoms with Crippen LogP contribution >= 0.6 is 0 Å². The highest BCUT2D eigenvalue weighted by molar-refractivity contribution is 5.71. The Morgan fingerprint density at radius 1 is 0.280 bits per heavy atom. The average Bonchev–Trinajstić information content (AvgIpc) is 3.41. The number of hydrogen-bond acceptors (Lipinski definition) is 6. The topological polar surface area (TPSA) is 78.9 Å². The number of allylic oxidation sites excluding steroid dienone is 10. The van der Waals surface area contributed by atoms with Gasteiger partial charge in [0, 0.05) is 19.3 Å². The van der Waals surface area contributed by atoms with Gasteiger partial charge in [-0.25, -0.2) is 0 Å². The van der Waals surface area contributed by atoms with E-state index in [0.717, 1.165) is 89.9 Å². The lowest BCUT2D eigenvalue weighted by atomic mass is 10.0. The number of ether oxygens (including phenoxy) is 3. The molecule has 0 N–H and O–H groups in total. The third-order valence-corrected chi connectivity index (χ3v) is 14.5. The van der Waals surface area contributed by atoms with E-state index < -0.39 is 6.10 Å². The summed E-state index contributed by atoms with van der Waals surface area (Å²) in [6.45, 7) is 6.54. The number of rotatable bonds is 60. The Morgan fingerprint density at radius 3 is 0.813 bits per heavy atom. The Kier molecular flexibility index (Phi) is 61.2. The molecule has 0 aromatic heterocycles. The quantitative estimate of drug-likeness (QED) is 0.0261. The van der Waals surface area contributed by atoms with Crippen LogP contribution in [0.3, 0.4) is 0 Å². The van der Waals surface area contributed by atoms with Crippen molar-refractivity contribution in [3.63, 3.8) is 0 Å². The van der Waals surface area contributed by atoms with Crippen LogP contribution in [0, 0.1) is 0 Å². The van der Waals surface area contributed by atoms with Gasteiger partial charge in [0.15, 0.2) is 6.10 Å². The van der Waals surface area contributed by atoms with Crippen LogP contribution in [0.4, 0.5) is 0 Å². The van der Waals surface area contributed by atoms with Gasteiger partial charge in [-0.1, -0.05) is 319 Å². The largest absolute Gasteiger partial charge is 0.462 e. The first-order chi connectivity index (χ1) is 37.0. The highest BCUT2D eigenvalue weighted by Gasteiger charge is 2.19. The van der Waals surface area contributed by atoms with Crippen molar-refractivity contribution in [3.8, 4) is 0 Å². The van der Waals surface area contributed by atoms with E-state index in [2.05, 4.69) is 81.5 Å². The van der Waals surface area contributed by atoms with Crippen molar-refractivity contribution in [3.05, 3.63) is 60.8 Å². The molecule has 0 aromatic carbocycles. The predicted molar refractivity (Wildman–Crippen MR) is 325 cm³/mol. The highest BCUT2D eigenvalue weighted by atomic mass is 16.6. The van der Waals surface area contributed by atoms with Gasteiger partial charge in [-0.15, -0.1) is 0 Å². The van der Waals surface area contributed by atoms with Gasteiger partial charge in [-0.3, -0.25) is 14.4 Å². The second kappa shape index (κ2) is 63.6. The van der Waals surface area contributed by atoms with Crippen molar-refractivity contribution in [2.45, 2.75) is 348 Å². The van der Waals surface area contributed by atoms with Crippen LogP contribution in [0.5, 0.6) is 0 Å². The van der Waals surface area contributed by atoms with Crippen LogP contribution < -0.4 is 0 Å². The average molecular weight is 1050 g/mol. The van der Waals surface area contributed by atoms with Crippen molar-refractivity contribution >= 4 is 17.9 Å². The summed E-state index contributed by atoms with van der Waals surface area (Å²) >= 11 is 0. The van der Waals surface area contributed by atoms with E-state index in [9.17, 15) is 14.4 Å². The van der Waals surface area contributed by atoms with Gasteiger partial charge in [0.05, 0.1) is 0 Å². The van der Waals surface area contributed by atoms with E-state index in [4.69, 9.17) is 14.2 Å². The molecule has 75 heavy (non-hydrogen) atoms. The molecule has 0 saturated carbocycles. The van der Waals surface area contributed by atoms with E-state index in [1.54, 1.807) is 0 Å². The van der Waals surface area contributed by atoms with E-state index in [1.165, 1.54) is 212 Å². The zero-order chi connectivity index (χ0) is 54.3. The summed E-state index contributed by atoms with van der Waals surface area (Å²) < 4.78 is 16.9. The SMILES string of the molecule is CC/C=C\C/C=C\C/C=C\C/C=C\C/C=C\CCCCCCCCCCCCCCCC(=O)OCC(COC(=O)CCCCCCCCC)OC(=O)CCCCCCCCCCCCCCCCCCCCCCC. The van der Waals surface area contributed by atoms with Crippen LogP contribution in [0.2, 0.25) is 0 Å². The second-order valence-corrected chi connectivity index (χ2v) is 22.0. The van der Waals surface area contributed by atoms with E-state index in [0.29, 0.717) is 19.3 Å². The van der Waals surface area contributed by atoms with Gasteiger partial charge in [0.1, 0.15) is 13.2 Å². The fraction of sp³-hybridized carbons (Fsp3) is 0.812. The summed E-state index contributed by atoms with van der Waals surface area (Å²) in [5, 5.41) is 0. The molecule has 0 radical (unpaired) electrons. The van der Waals surface area contributed by atoms with Crippen LogP contribution in [0.1, 0.15) is 342 Å². The maximum atomic E-state index is 12.9. The number of carbonyl (C=O) groups excluding carboxylic acids is 3. The third kappa shape index (κ3) is 61.8. The number of unbranched alkanes of at least 4 members (excludes halogenated alkanes) is 39. The van der Waals surface area contributed by atoms with Gasteiger partial charge in [-0.05, 0) is 64.2 Å². The first kappa shape index (κ1) is 72.1. The Balaban J connectivity index is 4.07. The molecule has 0 rings (SSSR count). The summed E-state index contributed by atoms with van der Waals surface area (Å²) in [4.78, 5) is 38.1. The lowest BCUT2D eigenvalue weighted by Gasteiger charge is -2.18. The molecule has 0 spiro atoms. The van der Waals surface area contributed by atoms with Gasteiger partial charge in [0.25, 0.3) is 0 Å². The zero-order valence-corrected chi connectivity index (χ0v) is 50.1. The molecule has 0 aliphatic heterocycles. The molecule has 0 bridgehead atoms. The molecule has 0 aromatic rings. The maximum absolute atomic E-state index is 12.9. The second-order valence-electron chi connectivity index (χ2n) is 22.0. The Hall–Kier alpha value is -2.89. The van der Waals surface area contributed by atoms with Crippen molar-refractivity contribution in [2.24, 2.45) is 0 Å². The molecule has 1 unspecified atom stereocenters. The normalized spacial score (nSPS) is 12.4. The summed E-state index contributed by atoms with van der Waals surface area (Å²) in [5.41, 5.74) is 0. The Bertz CT molecular complexity index is 1340. The van der Waals surface area contributed by atoms with Crippen LogP contribution in [-0.4, -0.2) is 37.2 Å². The van der Waals surface area contributed by atoms with Gasteiger partial charge in [-0.2, -0.15) is 0 Å². The maximum Gasteiger partial charge on any atom is 0.306 e. The van der Waals surface area contributed by atoms with Crippen LogP contribution in [-0.2, 0) is 28.6 Å². The molecule has 0 aliphatic rings. The lowest BCUT2D eigenvalue weighted by molar-refractivity contribution is -0.167. The van der Waals surface area contributed by atoms with E-state index in [-0.39, 0.29) is 31.1 Å². The van der Waals surface area contributed by atoms with Crippen LogP contribution in [0.25, 0.3) is 0 Å². The number of hydrogen-bond donors (Lipinski definition) is 0. The van der Waals surface area contributed by atoms with Gasteiger partial charge < -0.3 is 14.2 Å². The van der Waals surface area contributed by atoms with Crippen molar-refractivity contribution in [2.75, 3.05) is 13.2 Å². The van der Waals surface area contributed by atoms with Crippen LogP contribution in [0.15, 0.2) is 60.8 Å². The fourth-order valence-electron chi connectivity index (χ4n) is 9.65. The lowest BCUT2D eigenvalue weighted by Crippen LogP contribution is -2.30. The molecule has 6 heteroatoms. The number of esters is 3. The Labute approximate surface area is 466 Å². The molecule has 6 nitrogen and oxygen atoms in total. The van der Waals surface area contributed by atoms with Gasteiger partial charge >= 0.3 is 17.9 Å². The van der Waals surface area contributed by atoms with E-state index in [1.807, 2.05) is 0 Å². The van der Waals surface area contributed by atoms with Crippen molar-refractivity contribution in [1.82, 2.24) is 0 Å². The summed E-state index contributed by atoms with van der Waals surface area (Å²) in [6, 6.07) is 0. The standard InChI is InChI=1S/C69H124O6/c1-4-7-10-13-16-18-20-22-24-26-28-30-31-32-33-34-35-36-37-39-40-42-44-46-48-50-53-56-59-62-68(71)74-65-66(64-73-67(70)61-58-55-52-15-12-9-6-3)75-69(72)63-60-57-54-51-49-47-45-43-41-38-29-27-25-23-21-19-17-14-11-8-5-2/h7,10,16,18,22,24,28,30,32-33,66H,4-6,8-9,11-15,17,19-21,23,25-27,29,31,34-65H2,1-3H3/b10-7-,18-16-,24-22-,30-28-,33-32-. The molecule has 436 valence electrons. The molecule has 0 aliphatic carbocycles. The molecular formula is C69H124O6. The third-order valence-electron chi connectivity index (χ3n) is 14.5. The van der Waals surface area contributed by atoms with E-state index >= 15 is 0 Å². The minimum Gasteiger partial charge on any atom is -0.462 e. The molecular weight excluding hydrogens is 925 g/mol. The minimum atomic E-state index is -0.769. The number of carbonyl (C=O) groups is 3. The predicted octanol–water partition coefficient (Wildman–Crippen LogP) is 22.3. The monoisotopic (exact) mass is 1050 g/mol.